The van der Waals surface area contributed by atoms with Crippen molar-refractivity contribution >= 4 is 0 Å². The van der Waals surface area contributed by atoms with Gasteiger partial charge in [-0.05, 0) is 51.3 Å². The summed E-state index contributed by atoms with van der Waals surface area (Å²) in [4.78, 5) is 4.30. The first kappa shape index (κ1) is 11.9. The Morgan fingerprint density at radius 1 is 1.06 bits per heavy atom. The van der Waals surface area contributed by atoms with E-state index < -0.39 is 0 Å². The third kappa shape index (κ3) is 2.12. The number of rotatable bonds is 2. The summed E-state index contributed by atoms with van der Waals surface area (Å²) >= 11 is 0. The summed E-state index contributed by atoms with van der Waals surface area (Å²) < 4.78 is 2.23. The van der Waals surface area contributed by atoms with Crippen LogP contribution < -0.4 is 0 Å². The summed E-state index contributed by atoms with van der Waals surface area (Å²) in [5, 5.41) is 0. The van der Waals surface area contributed by atoms with Crippen molar-refractivity contribution in [2.45, 2.75) is 40.7 Å². The van der Waals surface area contributed by atoms with Crippen molar-refractivity contribution in [2.24, 2.45) is 0 Å². The van der Waals surface area contributed by atoms with Crippen molar-refractivity contribution in [1.29, 1.82) is 0 Å². The fraction of sp³-hybridized carbons (Fsp3) is 0.400. The number of aromatic nitrogens is 2. The molecule has 1 aromatic carbocycles. The van der Waals surface area contributed by atoms with Gasteiger partial charge in [0.15, 0.2) is 0 Å². The second-order valence-corrected chi connectivity index (χ2v) is 4.87. The van der Waals surface area contributed by atoms with Crippen molar-refractivity contribution in [3.63, 3.8) is 0 Å². The van der Waals surface area contributed by atoms with Crippen molar-refractivity contribution < 1.29 is 0 Å². The molecule has 2 nitrogen and oxygen atoms in total. The van der Waals surface area contributed by atoms with Crippen molar-refractivity contribution in [3.8, 4) is 0 Å². The van der Waals surface area contributed by atoms with Gasteiger partial charge in [-0.25, -0.2) is 4.98 Å². The summed E-state index contributed by atoms with van der Waals surface area (Å²) in [5.41, 5.74) is 5.47. The van der Waals surface area contributed by atoms with Crippen LogP contribution in [0.4, 0.5) is 0 Å². The highest BCUT2D eigenvalue weighted by Gasteiger charge is 2.14. The van der Waals surface area contributed by atoms with Gasteiger partial charge in [0.05, 0.1) is 6.04 Å². The van der Waals surface area contributed by atoms with Crippen molar-refractivity contribution in [3.05, 3.63) is 52.6 Å². The molecule has 1 atom stereocenters. The van der Waals surface area contributed by atoms with Gasteiger partial charge in [0.2, 0.25) is 0 Å². The lowest BCUT2D eigenvalue weighted by Crippen LogP contribution is -2.11. The maximum Gasteiger partial charge on any atom is 0.106 e. The molecule has 2 aromatic rings. The summed E-state index contributed by atoms with van der Waals surface area (Å²) in [6.07, 6.45) is 3.92. The van der Waals surface area contributed by atoms with E-state index >= 15 is 0 Å². The minimum absolute atomic E-state index is 0.345. The lowest BCUT2D eigenvalue weighted by atomic mass is 9.95. The molecular weight excluding hydrogens is 208 g/mol. The van der Waals surface area contributed by atoms with Crippen molar-refractivity contribution in [2.75, 3.05) is 0 Å². The maximum absolute atomic E-state index is 4.30. The molecule has 0 aliphatic heterocycles. The van der Waals surface area contributed by atoms with Crippen LogP contribution in [0.5, 0.6) is 0 Å². The van der Waals surface area contributed by atoms with Crippen molar-refractivity contribution in [1.82, 2.24) is 9.55 Å². The van der Waals surface area contributed by atoms with Crippen LogP contribution in [0.1, 0.15) is 41.0 Å². The van der Waals surface area contributed by atoms with Crippen LogP contribution in [0.2, 0.25) is 0 Å². The second-order valence-electron chi connectivity index (χ2n) is 4.87. The Morgan fingerprint density at radius 2 is 1.65 bits per heavy atom. The highest BCUT2D eigenvalue weighted by atomic mass is 15.1. The Bertz CT molecular complexity index is 515. The molecule has 0 radical (unpaired) electrons. The standard InChI is InChI=1S/C15H20N2/c1-10-8-11(2)15(12(3)9-10)13(4)17-7-6-16-14(17)5/h6-9,13H,1-5H3. The Hall–Kier alpha value is -1.57. The highest BCUT2D eigenvalue weighted by molar-refractivity contribution is 5.39. The molecule has 0 saturated carbocycles. The van der Waals surface area contributed by atoms with E-state index in [1.54, 1.807) is 0 Å². The quantitative estimate of drug-likeness (QED) is 0.766. The van der Waals surface area contributed by atoms with E-state index in [1.165, 1.54) is 22.3 Å². The average Bonchev–Trinajstić information content (AvgIpc) is 2.62. The molecule has 0 amide bonds. The van der Waals surface area contributed by atoms with E-state index in [2.05, 4.69) is 62.5 Å². The van der Waals surface area contributed by atoms with E-state index in [0.717, 1.165) is 5.82 Å². The third-order valence-corrected chi connectivity index (χ3v) is 3.44. The Labute approximate surface area is 103 Å². The van der Waals surface area contributed by atoms with E-state index in [4.69, 9.17) is 0 Å². The topological polar surface area (TPSA) is 17.8 Å². The molecule has 1 unspecified atom stereocenters. The number of hydrogen-bond donors (Lipinski definition) is 0. The van der Waals surface area contributed by atoms with Gasteiger partial charge in [0.1, 0.15) is 5.82 Å². The average molecular weight is 228 g/mol. The van der Waals surface area contributed by atoms with Crippen LogP contribution in [0.25, 0.3) is 0 Å². The fourth-order valence-corrected chi connectivity index (χ4v) is 2.79. The monoisotopic (exact) mass is 228 g/mol. The number of hydrogen-bond acceptors (Lipinski definition) is 1. The lowest BCUT2D eigenvalue weighted by molar-refractivity contribution is 0.612. The molecular formula is C15H20N2. The molecule has 0 spiro atoms. The zero-order chi connectivity index (χ0) is 12.6. The first-order valence-corrected chi connectivity index (χ1v) is 6.08. The van der Waals surface area contributed by atoms with Crippen LogP contribution in [0.15, 0.2) is 24.5 Å². The zero-order valence-electron chi connectivity index (χ0n) is 11.3. The highest BCUT2D eigenvalue weighted by Crippen LogP contribution is 2.26. The fourth-order valence-electron chi connectivity index (χ4n) is 2.79. The predicted molar refractivity (Wildman–Crippen MR) is 71.4 cm³/mol. The molecule has 1 heterocycles. The molecule has 0 aliphatic carbocycles. The smallest absolute Gasteiger partial charge is 0.106 e. The summed E-state index contributed by atoms with van der Waals surface area (Å²) in [5.74, 6) is 1.07. The van der Waals surface area contributed by atoms with Gasteiger partial charge in [0, 0.05) is 12.4 Å². The molecule has 0 N–H and O–H groups in total. The van der Waals surface area contributed by atoms with Gasteiger partial charge in [0.25, 0.3) is 0 Å². The van der Waals surface area contributed by atoms with Crippen LogP contribution in [-0.2, 0) is 0 Å². The molecule has 1 aromatic heterocycles. The molecule has 0 bridgehead atoms. The molecule has 0 fully saturated rings. The molecule has 90 valence electrons. The van der Waals surface area contributed by atoms with Gasteiger partial charge >= 0.3 is 0 Å². The Balaban J connectivity index is 2.51. The zero-order valence-corrected chi connectivity index (χ0v) is 11.3. The van der Waals surface area contributed by atoms with E-state index in [1.807, 2.05) is 6.20 Å². The van der Waals surface area contributed by atoms with Crippen LogP contribution in [-0.4, -0.2) is 9.55 Å². The van der Waals surface area contributed by atoms with Gasteiger partial charge in [-0.15, -0.1) is 0 Å². The SMILES string of the molecule is Cc1cc(C)c(C(C)n2ccnc2C)c(C)c1. The summed E-state index contributed by atoms with van der Waals surface area (Å²) in [6, 6.07) is 4.86. The molecule has 2 heteroatoms. The molecule has 0 aliphatic rings. The minimum Gasteiger partial charge on any atom is -0.328 e. The maximum atomic E-state index is 4.30. The predicted octanol–water partition coefficient (Wildman–Crippen LogP) is 3.73. The number of aryl methyl sites for hydroxylation is 4. The third-order valence-electron chi connectivity index (χ3n) is 3.44. The summed E-state index contributed by atoms with van der Waals surface area (Å²) in [6.45, 7) is 10.8. The summed E-state index contributed by atoms with van der Waals surface area (Å²) in [7, 11) is 0. The van der Waals surface area contributed by atoms with Gasteiger partial charge in [-0.3, -0.25) is 0 Å². The van der Waals surface area contributed by atoms with E-state index in [9.17, 15) is 0 Å². The first-order chi connectivity index (χ1) is 8.00. The van der Waals surface area contributed by atoms with Gasteiger partial charge in [-0.1, -0.05) is 17.7 Å². The number of benzene rings is 1. The van der Waals surface area contributed by atoms with Crippen LogP contribution in [0, 0.1) is 27.7 Å². The largest absolute Gasteiger partial charge is 0.328 e. The molecule has 17 heavy (non-hydrogen) atoms. The molecule has 0 saturated heterocycles. The number of imidazole rings is 1. The van der Waals surface area contributed by atoms with Crippen LogP contribution in [0.3, 0.4) is 0 Å². The van der Waals surface area contributed by atoms with E-state index in [-0.39, 0.29) is 0 Å². The van der Waals surface area contributed by atoms with Crippen LogP contribution >= 0.6 is 0 Å². The first-order valence-electron chi connectivity index (χ1n) is 6.08. The minimum atomic E-state index is 0.345. The van der Waals surface area contributed by atoms with Gasteiger partial charge in [-0.2, -0.15) is 0 Å². The Morgan fingerprint density at radius 3 is 2.12 bits per heavy atom. The number of nitrogens with zero attached hydrogens (tertiary/aromatic N) is 2. The Kier molecular flexibility index (Phi) is 3.05. The normalized spacial score (nSPS) is 12.8. The van der Waals surface area contributed by atoms with Gasteiger partial charge < -0.3 is 4.57 Å². The van der Waals surface area contributed by atoms with E-state index in [0.29, 0.717) is 6.04 Å². The molecule has 2 rings (SSSR count). The second kappa shape index (κ2) is 4.36. The lowest BCUT2D eigenvalue weighted by Gasteiger charge is -2.21.